The molecule has 0 saturated carbocycles. The summed E-state index contributed by atoms with van der Waals surface area (Å²) in [6.45, 7) is 9.56. The van der Waals surface area contributed by atoms with Crippen LogP contribution in [0, 0.1) is 0 Å². The van der Waals surface area contributed by atoms with Crippen LogP contribution < -0.4 is 0 Å². The van der Waals surface area contributed by atoms with Crippen LogP contribution in [0.25, 0.3) is 0 Å². The first-order valence-electron chi connectivity index (χ1n) is 5.74. The lowest BCUT2D eigenvalue weighted by atomic mass is 10.1. The lowest BCUT2D eigenvalue weighted by molar-refractivity contribution is 0.0831. The van der Waals surface area contributed by atoms with Gasteiger partial charge in [-0.25, -0.2) is 0 Å². The molecule has 2 aliphatic rings. The maximum Gasteiger partial charge on any atom is 0.0388 e. The molecule has 0 bridgehead atoms. The Bertz CT molecular complexity index is 187. The van der Waals surface area contributed by atoms with Gasteiger partial charge in [-0.15, -0.1) is 0 Å². The maximum absolute atomic E-state index is 2.60. The summed E-state index contributed by atoms with van der Waals surface area (Å²) in [6.07, 6.45) is 0. The van der Waals surface area contributed by atoms with Gasteiger partial charge in [0.1, 0.15) is 0 Å². The molecule has 0 aromatic rings. The molecule has 0 radical (unpaired) electrons. The second-order valence-electron chi connectivity index (χ2n) is 5.14. The molecule has 3 nitrogen and oxygen atoms in total. The highest BCUT2D eigenvalue weighted by Gasteiger charge is 2.40. The summed E-state index contributed by atoms with van der Waals surface area (Å²) in [5.41, 5.74) is 0. The molecular formula is C11H23N3. The monoisotopic (exact) mass is 197 g/mol. The number of rotatable bonds is 1. The number of likely N-dealkylation sites (N-methyl/N-ethyl adjacent to an activating group) is 2. The van der Waals surface area contributed by atoms with Crippen molar-refractivity contribution in [3.63, 3.8) is 0 Å². The maximum atomic E-state index is 2.60. The van der Waals surface area contributed by atoms with Gasteiger partial charge in [-0.05, 0) is 27.9 Å². The fourth-order valence-corrected chi connectivity index (χ4v) is 2.73. The highest BCUT2D eigenvalue weighted by atomic mass is 15.4. The molecule has 0 aromatic heterocycles. The first-order chi connectivity index (χ1) is 6.59. The van der Waals surface area contributed by atoms with Crippen molar-refractivity contribution >= 4 is 0 Å². The Balaban J connectivity index is 2.06. The minimum absolute atomic E-state index is 0.697. The molecule has 0 aromatic carbocycles. The van der Waals surface area contributed by atoms with E-state index in [1.54, 1.807) is 0 Å². The zero-order valence-electron chi connectivity index (χ0n) is 9.90. The Kier molecular flexibility index (Phi) is 2.82. The van der Waals surface area contributed by atoms with E-state index in [1.807, 2.05) is 0 Å². The van der Waals surface area contributed by atoms with Gasteiger partial charge in [0.15, 0.2) is 0 Å². The minimum atomic E-state index is 0.697. The summed E-state index contributed by atoms with van der Waals surface area (Å²) >= 11 is 0. The molecule has 14 heavy (non-hydrogen) atoms. The van der Waals surface area contributed by atoms with Crippen LogP contribution in [-0.4, -0.2) is 73.1 Å². The summed E-state index contributed by atoms with van der Waals surface area (Å²) in [5.74, 6) is 0. The summed E-state index contributed by atoms with van der Waals surface area (Å²) in [6, 6.07) is 2.22. The molecule has 0 N–H and O–H groups in total. The fraction of sp³-hybridized carbons (Fsp3) is 1.00. The predicted octanol–water partition coefficient (Wildman–Crippen LogP) is 0.325. The standard InChI is InChI=1S/C11H23N3/c1-9(2)14-7-10-11(8-14)13(4)6-5-12(10)3/h9-11H,5-8H2,1-4H3. The Hall–Kier alpha value is -0.120. The van der Waals surface area contributed by atoms with Gasteiger partial charge in [-0.1, -0.05) is 0 Å². The quantitative estimate of drug-likeness (QED) is 0.599. The van der Waals surface area contributed by atoms with Crippen molar-refractivity contribution in [3.05, 3.63) is 0 Å². The number of nitrogens with zero attached hydrogens (tertiary/aromatic N) is 3. The van der Waals surface area contributed by atoms with Gasteiger partial charge >= 0.3 is 0 Å². The summed E-state index contributed by atoms with van der Waals surface area (Å²) in [5, 5.41) is 0. The molecule has 2 fully saturated rings. The lowest BCUT2D eigenvalue weighted by Crippen LogP contribution is -2.56. The van der Waals surface area contributed by atoms with Gasteiger partial charge in [0.05, 0.1) is 0 Å². The van der Waals surface area contributed by atoms with Crippen LogP contribution in [0.3, 0.4) is 0 Å². The predicted molar refractivity (Wildman–Crippen MR) is 59.5 cm³/mol. The van der Waals surface area contributed by atoms with Crippen LogP contribution >= 0.6 is 0 Å². The molecule has 3 heteroatoms. The molecule has 2 atom stereocenters. The SMILES string of the molecule is CC(C)N1CC2C(C1)N(C)CCN2C. The van der Waals surface area contributed by atoms with Crippen molar-refractivity contribution in [1.82, 2.24) is 14.7 Å². The molecular weight excluding hydrogens is 174 g/mol. The molecule has 2 aliphatic heterocycles. The fourth-order valence-electron chi connectivity index (χ4n) is 2.73. The molecule has 0 amide bonds. The second-order valence-corrected chi connectivity index (χ2v) is 5.14. The van der Waals surface area contributed by atoms with Gasteiger partial charge in [-0.2, -0.15) is 0 Å². The summed E-state index contributed by atoms with van der Waals surface area (Å²) in [7, 11) is 4.54. The highest BCUT2D eigenvalue weighted by Crippen LogP contribution is 2.24. The van der Waals surface area contributed by atoms with E-state index in [2.05, 4.69) is 42.6 Å². The first-order valence-corrected chi connectivity index (χ1v) is 5.74. The number of hydrogen-bond donors (Lipinski definition) is 0. The van der Waals surface area contributed by atoms with E-state index >= 15 is 0 Å². The van der Waals surface area contributed by atoms with Crippen molar-refractivity contribution in [2.24, 2.45) is 0 Å². The topological polar surface area (TPSA) is 9.72 Å². The number of piperazine rings is 1. The van der Waals surface area contributed by atoms with Crippen LogP contribution in [0.2, 0.25) is 0 Å². The van der Waals surface area contributed by atoms with E-state index in [4.69, 9.17) is 0 Å². The number of likely N-dealkylation sites (tertiary alicyclic amines) is 1. The van der Waals surface area contributed by atoms with Crippen LogP contribution in [0.15, 0.2) is 0 Å². The molecule has 2 unspecified atom stereocenters. The normalized spacial score (nSPS) is 36.6. The van der Waals surface area contributed by atoms with Gasteiger partial charge in [0, 0.05) is 44.3 Å². The van der Waals surface area contributed by atoms with Crippen molar-refractivity contribution in [2.75, 3.05) is 40.3 Å². The summed E-state index contributed by atoms with van der Waals surface area (Å²) in [4.78, 5) is 7.67. The summed E-state index contributed by atoms with van der Waals surface area (Å²) < 4.78 is 0. The number of fused-ring (bicyclic) bond motifs is 1. The highest BCUT2D eigenvalue weighted by molar-refractivity contribution is 4.98. The minimum Gasteiger partial charge on any atom is -0.299 e. The van der Waals surface area contributed by atoms with Crippen molar-refractivity contribution in [2.45, 2.75) is 32.0 Å². The van der Waals surface area contributed by atoms with Gasteiger partial charge in [0.25, 0.3) is 0 Å². The van der Waals surface area contributed by atoms with E-state index in [1.165, 1.54) is 26.2 Å². The Morgan fingerprint density at radius 2 is 1.36 bits per heavy atom. The molecule has 82 valence electrons. The van der Waals surface area contributed by atoms with Crippen LogP contribution in [-0.2, 0) is 0 Å². The third kappa shape index (κ3) is 1.69. The third-order valence-electron chi connectivity index (χ3n) is 3.96. The van der Waals surface area contributed by atoms with Crippen molar-refractivity contribution in [3.8, 4) is 0 Å². The first kappa shape index (κ1) is 10.4. The lowest BCUT2D eigenvalue weighted by Gasteiger charge is -2.40. The molecule has 2 heterocycles. The van der Waals surface area contributed by atoms with Crippen molar-refractivity contribution < 1.29 is 0 Å². The number of hydrogen-bond acceptors (Lipinski definition) is 3. The van der Waals surface area contributed by atoms with Gasteiger partial charge < -0.3 is 0 Å². The molecule has 2 saturated heterocycles. The Labute approximate surface area is 87.7 Å². The van der Waals surface area contributed by atoms with E-state index < -0.39 is 0 Å². The van der Waals surface area contributed by atoms with Crippen molar-refractivity contribution in [1.29, 1.82) is 0 Å². The van der Waals surface area contributed by atoms with E-state index in [0.29, 0.717) is 6.04 Å². The van der Waals surface area contributed by atoms with E-state index in [-0.39, 0.29) is 0 Å². The zero-order chi connectivity index (χ0) is 10.3. The van der Waals surface area contributed by atoms with E-state index in [9.17, 15) is 0 Å². The molecule has 2 rings (SSSR count). The Morgan fingerprint density at radius 1 is 0.929 bits per heavy atom. The Morgan fingerprint density at radius 3 is 1.71 bits per heavy atom. The van der Waals surface area contributed by atoms with Crippen LogP contribution in [0.4, 0.5) is 0 Å². The zero-order valence-corrected chi connectivity index (χ0v) is 9.90. The average molecular weight is 197 g/mol. The van der Waals surface area contributed by atoms with E-state index in [0.717, 1.165) is 12.1 Å². The second kappa shape index (κ2) is 3.80. The van der Waals surface area contributed by atoms with Gasteiger partial charge in [0.2, 0.25) is 0 Å². The third-order valence-corrected chi connectivity index (χ3v) is 3.96. The largest absolute Gasteiger partial charge is 0.299 e. The van der Waals surface area contributed by atoms with Gasteiger partial charge in [-0.3, -0.25) is 14.7 Å². The molecule has 0 aliphatic carbocycles. The van der Waals surface area contributed by atoms with Crippen LogP contribution in [0.1, 0.15) is 13.8 Å². The van der Waals surface area contributed by atoms with Crippen LogP contribution in [0.5, 0.6) is 0 Å². The smallest absolute Gasteiger partial charge is 0.0388 e. The molecule has 0 spiro atoms. The average Bonchev–Trinajstić information content (AvgIpc) is 2.57.